The maximum Gasteiger partial charge on any atom is 0.258 e. The summed E-state index contributed by atoms with van der Waals surface area (Å²) in [5.41, 5.74) is -0.100. The van der Waals surface area contributed by atoms with Crippen molar-refractivity contribution in [3.8, 4) is 5.75 Å². The number of nitrogens with zero attached hydrogens (tertiary/aromatic N) is 2. The number of carbonyl (C=O) groups is 1. The van der Waals surface area contributed by atoms with Crippen molar-refractivity contribution in [3.63, 3.8) is 0 Å². The number of likely N-dealkylation sites (tertiary alicyclic amines) is 1. The molecule has 120 valence electrons. The number of halogens is 3. The fourth-order valence-corrected chi connectivity index (χ4v) is 2.91. The van der Waals surface area contributed by atoms with Gasteiger partial charge in [-0.05, 0) is 12.1 Å². The second-order valence-electron chi connectivity index (χ2n) is 5.18. The van der Waals surface area contributed by atoms with Gasteiger partial charge in [0.1, 0.15) is 22.7 Å². The van der Waals surface area contributed by atoms with Crippen molar-refractivity contribution in [2.45, 2.75) is 12.5 Å². The largest absolute Gasteiger partial charge is 0.487 e. The Hall–Kier alpha value is -1.85. The number of hydrogen-bond donors (Lipinski definition) is 0. The lowest BCUT2D eigenvalue weighted by atomic mass is 10.2. The van der Waals surface area contributed by atoms with Crippen molar-refractivity contribution < 1.29 is 13.9 Å². The number of pyridine rings is 1. The van der Waals surface area contributed by atoms with Crippen LogP contribution in [-0.4, -0.2) is 35.0 Å². The van der Waals surface area contributed by atoms with Crippen LogP contribution in [0.3, 0.4) is 0 Å². The molecule has 3 rings (SSSR count). The van der Waals surface area contributed by atoms with Gasteiger partial charge in [0.2, 0.25) is 0 Å². The van der Waals surface area contributed by atoms with Gasteiger partial charge in [0.25, 0.3) is 5.91 Å². The maximum atomic E-state index is 13.9. The molecule has 0 N–H and O–H groups in total. The van der Waals surface area contributed by atoms with E-state index in [-0.39, 0.29) is 16.7 Å². The van der Waals surface area contributed by atoms with Crippen molar-refractivity contribution in [2.24, 2.45) is 0 Å². The molecule has 1 fully saturated rings. The summed E-state index contributed by atoms with van der Waals surface area (Å²) in [6, 6.07) is 5.86. The van der Waals surface area contributed by atoms with Gasteiger partial charge >= 0.3 is 0 Å². The van der Waals surface area contributed by atoms with E-state index in [1.165, 1.54) is 29.3 Å². The molecule has 2 heterocycles. The van der Waals surface area contributed by atoms with Crippen molar-refractivity contribution in [1.29, 1.82) is 0 Å². The smallest absolute Gasteiger partial charge is 0.258 e. The van der Waals surface area contributed by atoms with Gasteiger partial charge in [0, 0.05) is 31.4 Å². The summed E-state index contributed by atoms with van der Waals surface area (Å²) in [5.74, 6) is -0.533. The molecule has 0 radical (unpaired) electrons. The molecule has 2 aromatic rings. The zero-order valence-corrected chi connectivity index (χ0v) is 13.5. The van der Waals surface area contributed by atoms with E-state index >= 15 is 0 Å². The summed E-state index contributed by atoms with van der Waals surface area (Å²) >= 11 is 12.0. The second kappa shape index (κ2) is 6.72. The van der Waals surface area contributed by atoms with Gasteiger partial charge in [-0.2, -0.15) is 0 Å². The monoisotopic (exact) mass is 354 g/mol. The van der Waals surface area contributed by atoms with Crippen LogP contribution in [0, 0.1) is 5.82 Å². The molecule has 1 aliphatic rings. The summed E-state index contributed by atoms with van der Waals surface area (Å²) in [4.78, 5) is 17.9. The number of aromatic nitrogens is 1. The minimum atomic E-state index is -0.621. The lowest BCUT2D eigenvalue weighted by Gasteiger charge is -2.18. The van der Waals surface area contributed by atoms with E-state index in [1.807, 2.05) is 0 Å². The normalized spacial score (nSPS) is 17.3. The molecule has 0 unspecified atom stereocenters. The molecule has 0 spiro atoms. The van der Waals surface area contributed by atoms with E-state index in [0.717, 1.165) is 0 Å². The summed E-state index contributed by atoms with van der Waals surface area (Å²) in [6.07, 6.45) is 3.51. The molecule has 1 aliphatic heterocycles. The van der Waals surface area contributed by atoms with Gasteiger partial charge < -0.3 is 9.64 Å². The maximum absolute atomic E-state index is 13.9. The summed E-state index contributed by atoms with van der Waals surface area (Å²) in [7, 11) is 0. The SMILES string of the molecule is O=C(c1c(F)cccc1Cl)N1CC[C@H](Oc2ccncc2Cl)C1. The first-order chi connectivity index (χ1) is 11.1. The Morgan fingerprint density at radius 3 is 2.87 bits per heavy atom. The van der Waals surface area contributed by atoms with Crippen molar-refractivity contribution in [3.05, 3.63) is 58.1 Å². The number of ether oxygens (including phenoxy) is 1. The minimum Gasteiger partial charge on any atom is -0.487 e. The van der Waals surface area contributed by atoms with Crippen LogP contribution in [0.25, 0.3) is 0 Å². The highest BCUT2D eigenvalue weighted by Crippen LogP contribution is 2.27. The molecule has 1 amide bonds. The van der Waals surface area contributed by atoms with Crippen LogP contribution < -0.4 is 4.74 Å². The lowest BCUT2D eigenvalue weighted by Crippen LogP contribution is -2.31. The number of rotatable bonds is 3. The van der Waals surface area contributed by atoms with Crippen LogP contribution in [-0.2, 0) is 0 Å². The van der Waals surface area contributed by atoms with E-state index in [0.29, 0.717) is 30.3 Å². The van der Waals surface area contributed by atoms with Crippen LogP contribution in [0.15, 0.2) is 36.7 Å². The Kier molecular flexibility index (Phi) is 4.68. The Balaban J connectivity index is 1.70. The number of amides is 1. The topological polar surface area (TPSA) is 42.4 Å². The third kappa shape index (κ3) is 3.41. The molecule has 1 saturated heterocycles. The van der Waals surface area contributed by atoms with Crippen LogP contribution in [0.2, 0.25) is 10.0 Å². The average molecular weight is 355 g/mol. The fourth-order valence-electron chi connectivity index (χ4n) is 2.51. The quantitative estimate of drug-likeness (QED) is 0.841. The first-order valence-corrected chi connectivity index (χ1v) is 7.81. The first kappa shape index (κ1) is 16.0. The van der Waals surface area contributed by atoms with E-state index < -0.39 is 11.7 Å². The summed E-state index contributed by atoms with van der Waals surface area (Å²) < 4.78 is 19.7. The predicted octanol–water partition coefficient (Wildman–Crippen LogP) is 3.82. The zero-order valence-electron chi connectivity index (χ0n) is 12.0. The highest BCUT2D eigenvalue weighted by molar-refractivity contribution is 6.33. The number of hydrogen-bond acceptors (Lipinski definition) is 3. The lowest BCUT2D eigenvalue weighted by molar-refractivity contribution is 0.0768. The highest BCUT2D eigenvalue weighted by atomic mass is 35.5. The number of benzene rings is 1. The fraction of sp³-hybridized carbons (Fsp3) is 0.250. The summed E-state index contributed by atoms with van der Waals surface area (Å²) in [6.45, 7) is 0.818. The Labute approximate surface area is 142 Å². The molecule has 4 nitrogen and oxygen atoms in total. The van der Waals surface area contributed by atoms with Crippen LogP contribution in [0.4, 0.5) is 4.39 Å². The molecule has 1 aromatic heterocycles. The molecule has 7 heteroatoms. The van der Waals surface area contributed by atoms with Crippen LogP contribution in [0.1, 0.15) is 16.8 Å². The van der Waals surface area contributed by atoms with E-state index in [2.05, 4.69) is 4.98 Å². The zero-order chi connectivity index (χ0) is 16.4. The standard InChI is InChI=1S/C16H13Cl2FN2O2/c17-11-2-1-3-13(19)15(11)16(22)21-7-5-10(9-21)23-14-4-6-20-8-12(14)18/h1-4,6,8,10H,5,7,9H2/t10-/m0/s1. The third-order valence-electron chi connectivity index (χ3n) is 3.64. The molecular weight excluding hydrogens is 342 g/mol. The van der Waals surface area contributed by atoms with E-state index in [1.54, 1.807) is 12.3 Å². The van der Waals surface area contributed by atoms with Crippen LogP contribution in [0.5, 0.6) is 5.75 Å². The van der Waals surface area contributed by atoms with Gasteiger partial charge in [0.05, 0.1) is 17.1 Å². The average Bonchev–Trinajstić information content (AvgIpc) is 2.98. The van der Waals surface area contributed by atoms with Crippen molar-refractivity contribution in [2.75, 3.05) is 13.1 Å². The van der Waals surface area contributed by atoms with Gasteiger partial charge in [-0.15, -0.1) is 0 Å². The highest BCUT2D eigenvalue weighted by Gasteiger charge is 2.31. The predicted molar refractivity (Wildman–Crippen MR) is 85.6 cm³/mol. The summed E-state index contributed by atoms with van der Waals surface area (Å²) in [5, 5.41) is 0.519. The molecule has 0 aliphatic carbocycles. The molecule has 0 bridgehead atoms. The van der Waals surface area contributed by atoms with Crippen molar-refractivity contribution in [1.82, 2.24) is 9.88 Å². The Morgan fingerprint density at radius 1 is 1.30 bits per heavy atom. The van der Waals surface area contributed by atoms with E-state index in [4.69, 9.17) is 27.9 Å². The third-order valence-corrected chi connectivity index (χ3v) is 4.24. The van der Waals surface area contributed by atoms with Gasteiger partial charge in [0.15, 0.2) is 0 Å². The Morgan fingerprint density at radius 2 is 2.13 bits per heavy atom. The molecule has 1 atom stereocenters. The van der Waals surface area contributed by atoms with Crippen molar-refractivity contribution >= 4 is 29.1 Å². The molecule has 1 aromatic carbocycles. The molecule has 23 heavy (non-hydrogen) atoms. The first-order valence-electron chi connectivity index (χ1n) is 7.05. The molecule has 0 saturated carbocycles. The Bertz CT molecular complexity index is 722. The minimum absolute atomic E-state index is 0.100. The van der Waals surface area contributed by atoms with Gasteiger partial charge in [-0.1, -0.05) is 29.3 Å². The van der Waals surface area contributed by atoms with Gasteiger partial charge in [-0.25, -0.2) is 4.39 Å². The molecular formula is C16H13Cl2FN2O2. The van der Waals surface area contributed by atoms with Gasteiger partial charge in [-0.3, -0.25) is 9.78 Å². The van der Waals surface area contributed by atoms with E-state index in [9.17, 15) is 9.18 Å². The number of carbonyl (C=O) groups excluding carboxylic acids is 1. The van der Waals surface area contributed by atoms with Crippen LogP contribution >= 0.6 is 23.2 Å². The second-order valence-corrected chi connectivity index (χ2v) is 6.00.